The van der Waals surface area contributed by atoms with E-state index in [1.54, 1.807) is 13.0 Å². The Bertz CT molecular complexity index is 438. The lowest BCUT2D eigenvalue weighted by Gasteiger charge is -1.89. The molecule has 0 amide bonds. The van der Waals surface area contributed by atoms with Crippen molar-refractivity contribution in [2.45, 2.75) is 12.3 Å². The molecule has 0 aliphatic heterocycles. The van der Waals surface area contributed by atoms with Gasteiger partial charge in [-0.3, -0.25) is 0 Å². The van der Waals surface area contributed by atoms with Crippen LogP contribution in [0.25, 0.3) is 11.5 Å². The van der Waals surface area contributed by atoms with E-state index in [2.05, 4.69) is 26.1 Å². The van der Waals surface area contributed by atoms with E-state index >= 15 is 0 Å². The predicted octanol–water partition coefficient (Wildman–Crippen LogP) is 3.39. The molecule has 6 heteroatoms. The van der Waals surface area contributed by atoms with Crippen LogP contribution in [0.3, 0.4) is 0 Å². The van der Waals surface area contributed by atoms with Gasteiger partial charge in [0.15, 0.2) is 10.5 Å². The number of rotatable bonds is 2. The lowest BCUT2D eigenvalue weighted by Crippen LogP contribution is -1.86. The summed E-state index contributed by atoms with van der Waals surface area (Å²) in [4.78, 5) is 4.10. The van der Waals surface area contributed by atoms with Crippen molar-refractivity contribution < 1.29 is 8.94 Å². The van der Waals surface area contributed by atoms with Gasteiger partial charge >= 0.3 is 0 Å². The third-order valence-electron chi connectivity index (χ3n) is 1.61. The van der Waals surface area contributed by atoms with Crippen molar-refractivity contribution >= 4 is 27.5 Å². The number of alkyl halides is 1. The number of hydrogen-bond donors (Lipinski definition) is 0. The summed E-state index contributed by atoms with van der Waals surface area (Å²) in [6, 6.07) is 1.75. The molecular weight excluding hydrogens is 271 g/mol. The highest BCUT2D eigenvalue weighted by atomic mass is 79.9. The summed E-state index contributed by atoms with van der Waals surface area (Å²) in [5.74, 6) is 0.876. The van der Waals surface area contributed by atoms with Gasteiger partial charge in [-0.2, -0.15) is 4.98 Å². The Kier molecular flexibility index (Phi) is 2.60. The van der Waals surface area contributed by atoms with Crippen LogP contribution < -0.4 is 0 Å². The maximum atomic E-state index is 5.79. The Morgan fingerprint density at radius 3 is 2.86 bits per heavy atom. The number of nitrogens with zero attached hydrogens (tertiary/aromatic N) is 2. The van der Waals surface area contributed by atoms with Crippen molar-refractivity contribution in [2.24, 2.45) is 0 Å². The summed E-state index contributed by atoms with van der Waals surface area (Å²) < 4.78 is 10.7. The van der Waals surface area contributed by atoms with Gasteiger partial charge in [-0.25, -0.2) is 0 Å². The zero-order valence-electron chi connectivity index (χ0n) is 7.20. The van der Waals surface area contributed by atoms with Crippen molar-refractivity contribution in [1.29, 1.82) is 0 Å². The monoisotopic (exact) mass is 276 g/mol. The SMILES string of the molecule is CC(Cl)c1noc(-c2coc(Br)c2)n1. The van der Waals surface area contributed by atoms with E-state index in [1.165, 1.54) is 6.26 Å². The fourth-order valence-electron chi connectivity index (χ4n) is 0.936. The fraction of sp³-hybridized carbons (Fsp3) is 0.250. The molecular formula is C8H6BrClN2O2. The van der Waals surface area contributed by atoms with Crippen molar-refractivity contribution in [2.75, 3.05) is 0 Å². The Morgan fingerprint density at radius 1 is 1.57 bits per heavy atom. The highest BCUT2D eigenvalue weighted by Gasteiger charge is 2.14. The first-order chi connectivity index (χ1) is 6.66. The lowest BCUT2D eigenvalue weighted by atomic mass is 10.3. The summed E-state index contributed by atoms with van der Waals surface area (Å²) in [5.41, 5.74) is 0.730. The van der Waals surface area contributed by atoms with Gasteiger partial charge in [0.25, 0.3) is 5.89 Å². The smallest absolute Gasteiger partial charge is 0.261 e. The highest BCUT2D eigenvalue weighted by molar-refractivity contribution is 9.10. The average Bonchev–Trinajstić information content (AvgIpc) is 2.70. The van der Waals surface area contributed by atoms with Crippen LogP contribution in [0.15, 0.2) is 25.9 Å². The second-order valence-electron chi connectivity index (χ2n) is 2.71. The second kappa shape index (κ2) is 3.74. The Balaban J connectivity index is 2.33. The first kappa shape index (κ1) is 9.73. The minimum absolute atomic E-state index is 0.261. The molecule has 2 aromatic heterocycles. The van der Waals surface area contributed by atoms with E-state index in [9.17, 15) is 0 Å². The van der Waals surface area contributed by atoms with E-state index in [0.29, 0.717) is 16.4 Å². The molecule has 2 aromatic rings. The van der Waals surface area contributed by atoms with Crippen LogP contribution in [0, 0.1) is 0 Å². The van der Waals surface area contributed by atoms with Gasteiger partial charge in [0.05, 0.1) is 10.9 Å². The summed E-state index contributed by atoms with van der Waals surface area (Å²) in [6.45, 7) is 1.78. The summed E-state index contributed by atoms with van der Waals surface area (Å²) in [5, 5.41) is 3.47. The first-order valence-corrected chi connectivity index (χ1v) is 5.12. The molecule has 0 bridgehead atoms. The molecule has 4 nitrogen and oxygen atoms in total. The molecule has 0 saturated carbocycles. The van der Waals surface area contributed by atoms with E-state index in [1.807, 2.05) is 0 Å². The molecule has 2 rings (SSSR count). The molecule has 0 fully saturated rings. The van der Waals surface area contributed by atoms with Gasteiger partial charge in [-0.15, -0.1) is 11.6 Å². The molecule has 14 heavy (non-hydrogen) atoms. The summed E-state index contributed by atoms with van der Waals surface area (Å²) in [6.07, 6.45) is 1.53. The maximum absolute atomic E-state index is 5.79. The molecule has 0 aromatic carbocycles. The molecule has 0 aliphatic rings. The largest absolute Gasteiger partial charge is 0.457 e. The van der Waals surface area contributed by atoms with Crippen LogP contribution in [0.5, 0.6) is 0 Å². The molecule has 1 atom stereocenters. The van der Waals surface area contributed by atoms with Gasteiger partial charge in [-0.1, -0.05) is 5.16 Å². The molecule has 74 valence electrons. The third-order valence-corrected chi connectivity index (χ3v) is 2.22. The zero-order chi connectivity index (χ0) is 10.1. The molecule has 0 N–H and O–H groups in total. The normalized spacial score (nSPS) is 13.1. The van der Waals surface area contributed by atoms with Gasteiger partial charge < -0.3 is 8.94 Å². The topological polar surface area (TPSA) is 52.1 Å². The van der Waals surface area contributed by atoms with Gasteiger partial charge in [0.2, 0.25) is 0 Å². The Labute approximate surface area is 93.4 Å². The Hall–Kier alpha value is -0.810. The number of furan rings is 1. The van der Waals surface area contributed by atoms with Gasteiger partial charge in [-0.05, 0) is 22.9 Å². The molecule has 0 aliphatic carbocycles. The van der Waals surface area contributed by atoms with Gasteiger partial charge in [0.1, 0.15) is 6.26 Å². The molecule has 0 radical (unpaired) electrons. The van der Waals surface area contributed by atoms with Crippen LogP contribution in [-0.4, -0.2) is 10.1 Å². The van der Waals surface area contributed by atoms with E-state index in [0.717, 1.165) is 5.56 Å². The minimum atomic E-state index is -0.261. The fourth-order valence-corrected chi connectivity index (χ4v) is 1.36. The summed E-state index contributed by atoms with van der Waals surface area (Å²) >= 11 is 8.97. The van der Waals surface area contributed by atoms with Crippen LogP contribution in [0.4, 0.5) is 0 Å². The average molecular weight is 278 g/mol. The standard InChI is InChI=1S/C8H6BrClN2O2/c1-4(10)7-11-8(14-12-7)5-2-6(9)13-3-5/h2-4H,1H3. The first-order valence-electron chi connectivity index (χ1n) is 3.89. The Morgan fingerprint density at radius 2 is 2.36 bits per heavy atom. The van der Waals surface area contributed by atoms with E-state index < -0.39 is 0 Å². The van der Waals surface area contributed by atoms with Crippen molar-refractivity contribution in [3.8, 4) is 11.5 Å². The van der Waals surface area contributed by atoms with Crippen LogP contribution in [0.2, 0.25) is 0 Å². The molecule has 1 unspecified atom stereocenters. The van der Waals surface area contributed by atoms with E-state index in [4.69, 9.17) is 20.5 Å². The zero-order valence-corrected chi connectivity index (χ0v) is 9.54. The third kappa shape index (κ3) is 1.83. The molecule has 0 spiro atoms. The van der Waals surface area contributed by atoms with Crippen LogP contribution in [-0.2, 0) is 0 Å². The molecule has 0 saturated heterocycles. The van der Waals surface area contributed by atoms with Gasteiger partial charge in [0, 0.05) is 6.07 Å². The quantitative estimate of drug-likeness (QED) is 0.790. The van der Waals surface area contributed by atoms with Crippen LogP contribution >= 0.6 is 27.5 Å². The minimum Gasteiger partial charge on any atom is -0.457 e. The second-order valence-corrected chi connectivity index (χ2v) is 4.15. The molecule has 2 heterocycles. The number of halogens is 2. The van der Waals surface area contributed by atoms with Crippen LogP contribution in [0.1, 0.15) is 18.1 Å². The van der Waals surface area contributed by atoms with Crippen molar-refractivity contribution in [3.63, 3.8) is 0 Å². The highest BCUT2D eigenvalue weighted by Crippen LogP contribution is 2.25. The maximum Gasteiger partial charge on any atom is 0.261 e. The number of aromatic nitrogens is 2. The number of hydrogen-bond acceptors (Lipinski definition) is 4. The summed E-state index contributed by atoms with van der Waals surface area (Å²) in [7, 11) is 0. The van der Waals surface area contributed by atoms with E-state index in [-0.39, 0.29) is 5.38 Å². The lowest BCUT2D eigenvalue weighted by molar-refractivity contribution is 0.422. The predicted molar refractivity (Wildman–Crippen MR) is 54.0 cm³/mol. The van der Waals surface area contributed by atoms with Crippen molar-refractivity contribution in [3.05, 3.63) is 22.8 Å². The van der Waals surface area contributed by atoms with Crippen molar-refractivity contribution in [1.82, 2.24) is 10.1 Å².